The van der Waals surface area contributed by atoms with Crippen molar-refractivity contribution < 1.29 is 13.9 Å². The molecule has 0 saturated heterocycles. The van der Waals surface area contributed by atoms with Crippen LogP contribution in [0.1, 0.15) is 41.3 Å². The third-order valence-electron chi connectivity index (χ3n) is 3.32. The Morgan fingerprint density at radius 2 is 1.86 bits per heavy atom. The molecule has 0 aliphatic heterocycles. The Balaban J connectivity index is 2.12. The highest BCUT2D eigenvalue weighted by atomic mass is 19.1. The number of halogens is 1. The SMILES string of the molecule is CCCCOc1ccc(C(=O)c2ccc(F)cc2C)cc1. The van der Waals surface area contributed by atoms with Crippen molar-refractivity contribution in [1.29, 1.82) is 0 Å². The molecule has 0 heterocycles. The highest BCUT2D eigenvalue weighted by Crippen LogP contribution is 2.18. The second-order valence-electron chi connectivity index (χ2n) is 5.01. The van der Waals surface area contributed by atoms with Gasteiger partial charge in [0.25, 0.3) is 0 Å². The summed E-state index contributed by atoms with van der Waals surface area (Å²) < 4.78 is 18.7. The monoisotopic (exact) mass is 286 g/mol. The van der Waals surface area contributed by atoms with Gasteiger partial charge in [0.1, 0.15) is 11.6 Å². The first kappa shape index (κ1) is 15.2. The van der Waals surface area contributed by atoms with E-state index in [1.165, 1.54) is 18.2 Å². The molecular weight excluding hydrogens is 267 g/mol. The van der Waals surface area contributed by atoms with Gasteiger partial charge in [-0.2, -0.15) is 0 Å². The fourth-order valence-electron chi connectivity index (χ4n) is 2.07. The molecule has 0 bridgehead atoms. The standard InChI is InChI=1S/C18H19FO2/c1-3-4-11-21-16-8-5-14(6-9-16)18(20)17-10-7-15(19)12-13(17)2/h5-10,12H,3-4,11H2,1-2H3. The molecule has 0 spiro atoms. The molecule has 110 valence electrons. The number of aryl methyl sites for hydroxylation is 1. The first-order valence-corrected chi connectivity index (χ1v) is 7.15. The van der Waals surface area contributed by atoms with Crippen molar-refractivity contribution in [3.63, 3.8) is 0 Å². The number of carbonyl (C=O) groups excluding carboxylic acids is 1. The molecule has 0 fully saturated rings. The fraction of sp³-hybridized carbons (Fsp3) is 0.278. The minimum absolute atomic E-state index is 0.104. The summed E-state index contributed by atoms with van der Waals surface area (Å²) >= 11 is 0. The van der Waals surface area contributed by atoms with E-state index >= 15 is 0 Å². The van der Waals surface area contributed by atoms with Crippen LogP contribution >= 0.6 is 0 Å². The Bertz CT molecular complexity index is 618. The Morgan fingerprint density at radius 1 is 1.14 bits per heavy atom. The van der Waals surface area contributed by atoms with Crippen LogP contribution in [0.2, 0.25) is 0 Å². The van der Waals surface area contributed by atoms with Gasteiger partial charge in [-0.1, -0.05) is 13.3 Å². The molecule has 0 aromatic heterocycles. The number of hydrogen-bond acceptors (Lipinski definition) is 2. The van der Waals surface area contributed by atoms with Gasteiger partial charge in [0.15, 0.2) is 5.78 Å². The molecule has 2 aromatic rings. The van der Waals surface area contributed by atoms with Gasteiger partial charge in [0.2, 0.25) is 0 Å². The highest BCUT2D eigenvalue weighted by Gasteiger charge is 2.12. The summed E-state index contributed by atoms with van der Waals surface area (Å²) in [6.07, 6.45) is 2.09. The van der Waals surface area contributed by atoms with Crippen molar-refractivity contribution >= 4 is 5.78 Å². The van der Waals surface area contributed by atoms with Gasteiger partial charge in [-0.15, -0.1) is 0 Å². The highest BCUT2D eigenvalue weighted by molar-refractivity contribution is 6.09. The lowest BCUT2D eigenvalue weighted by Crippen LogP contribution is -2.04. The van der Waals surface area contributed by atoms with E-state index in [0.717, 1.165) is 18.6 Å². The Hall–Kier alpha value is -2.16. The Kier molecular flexibility index (Phi) is 5.09. The van der Waals surface area contributed by atoms with Gasteiger partial charge in [0.05, 0.1) is 6.61 Å². The van der Waals surface area contributed by atoms with E-state index in [1.807, 2.05) is 0 Å². The van der Waals surface area contributed by atoms with Gasteiger partial charge >= 0.3 is 0 Å². The van der Waals surface area contributed by atoms with E-state index in [-0.39, 0.29) is 11.6 Å². The number of carbonyl (C=O) groups is 1. The molecule has 2 rings (SSSR count). The van der Waals surface area contributed by atoms with Gasteiger partial charge in [0, 0.05) is 11.1 Å². The maximum Gasteiger partial charge on any atom is 0.193 e. The van der Waals surface area contributed by atoms with E-state index in [4.69, 9.17) is 4.74 Å². The van der Waals surface area contributed by atoms with Crippen LogP contribution in [0, 0.1) is 12.7 Å². The minimum Gasteiger partial charge on any atom is -0.494 e. The summed E-state index contributed by atoms with van der Waals surface area (Å²) in [5.74, 6) is 0.326. The normalized spacial score (nSPS) is 10.4. The van der Waals surface area contributed by atoms with Gasteiger partial charge in [-0.05, 0) is 61.4 Å². The van der Waals surface area contributed by atoms with Crippen LogP contribution in [-0.2, 0) is 0 Å². The molecule has 0 unspecified atom stereocenters. The van der Waals surface area contributed by atoms with Crippen LogP contribution in [0.3, 0.4) is 0 Å². The van der Waals surface area contributed by atoms with Crippen molar-refractivity contribution in [3.8, 4) is 5.75 Å². The third kappa shape index (κ3) is 3.91. The lowest BCUT2D eigenvalue weighted by Gasteiger charge is -2.08. The third-order valence-corrected chi connectivity index (χ3v) is 3.32. The number of unbranched alkanes of at least 4 members (excludes halogenated alkanes) is 1. The lowest BCUT2D eigenvalue weighted by atomic mass is 9.99. The van der Waals surface area contributed by atoms with Crippen LogP contribution < -0.4 is 4.74 Å². The van der Waals surface area contributed by atoms with Crippen LogP contribution in [0.4, 0.5) is 4.39 Å². The van der Waals surface area contributed by atoms with Crippen LogP contribution in [0.25, 0.3) is 0 Å². The number of hydrogen-bond donors (Lipinski definition) is 0. The average Bonchev–Trinajstić information content (AvgIpc) is 2.48. The summed E-state index contributed by atoms with van der Waals surface area (Å²) in [5, 5.41) is 0. The van der Waals surface area contributed by atoms with Crippen LogP contribution in [0.5, 0.6) is 5.75 Å². The zero-order valence-corrected chi connectivity index (χ0v) is 12.4. The van der Waals surface area contributed by atoms with Crippen molar-refractivity contribution in [2.75, 3.05) is 6.61 Å². The fourth-order valence-corrected chi connectivity index (χ4v) is 2.07. The molecule has 0 amide bonds. The number of rotatable bonds is 6. The molecule has 3 heteroatoms. The van der Waals surface area contributed by atoms with Crippen molar-refractivity contribution in [3.05, 3.63) is 65.0 Å². The van der Waals surface area contributed by atoms with Gasteiger partial charge < -0.3 is 4.74 Å². The zero-order valence-electron chi connectivity index (χ0n) is 12.4. The largest absolute Gasteiger partial charge is 0.494 e. The molecule has 0 N–H and O–H groups in total. The average molecular weight is 286 g/mol. The van der Waals surface area contributed by atoms with E-state index < -0.39 is 0 Å². The molecule has 0 saturated carbocycles. The van der Waals surface area contributed by atoms with E-state index in [0.29, 0.717) is 23.3 Å². The predicted molar refractivity (Wildman–Crippen MR) is 81.4 cm³/mol. The summed E-state index contributed by atoms with van der Waals surface area (Å²) in [7, 11) is 0. The number of ether oxygens (including phenoxy) is 1. The first-order valence-electron chi connectivity index (χ1n) is 7.15. The molecule has 0 aliphatic carbocycles. The number of benzene rings is 2. The molecule has 2 nitrogen and oxygen atoms in total. The molecular formula is C18H19FO2. The molecule has 0 atom stereocenters. The summed E-state index contributed by atoms with van der Waals surface area (Å²) in [6, 6.07) is 11.3. The van der Waals surface area contributed by atoms with E-state index in [2.05, 4.69) is 6.92 Å². The molecule has 0 aliphatic rings. The summed E-state index contributed by atoms with van der Waals surface area (Å²) in [5.41, 5.74) is 1.74. The Labute approximate surface area is 124 Å². The summed E-state index contributed by atoms with van der Waals surface area (Å²) in [6.45, 7) is 4.52. The van der Waals surface area contributed by atoms with E-state index in [9.17, 15) is 9.18 Å². The second kappa shape index (κ2) is 7.02. The summed E-state index contributed by atoms with van der Waals surface area (Å²) in [4.78, 5) is 12.4. The van der Waals surface area contributed by atoms with Crippen molar-refractivity contribution in [2.45, 2.75) is 26.7 Å². The quantitative estimate of drug-likeness (QED) is 0.575. The molecule has 21 heavy (non-hydrogen) atoms. The predicted octanol–water partition coefficient (Wildman–Crippen LogP) is 4.54. The Morgan fingerprint density at radius 3 is 2.48 bits per heavy atom. The number of ketones is 1. The maximum atomic E-state index is 13.1. The second-order valence-corrected chi connectivity index (χ2v) is 5.01. The lowest BCUT2D eigenvalue weighted by molar-refractivity contribution is 0.103. The van der Waals surface area contributed by atoms with E-state index in [1.54, 1.807) is 31.2 Å². The topological polar surface area (TPSA) is 26.3 Å². The zero-order chi connectivity index (χ0) is 15.2. The van der Waals surface area contributed by atoms with Crippen LogP contribution in [-0.4, -0.2) is 12.4 Å². The first-order chi connectivity index (χ1) is 10.1. The molecule has 2 aromatic carbocycles. The molecule has 0 radical (unpaired) electrons. The minimum atomic E-state index is -0.330. The van der Waals surface area contributed by atoms with Crippen molar-refractivity contribution in [2.24, 2.45) is 0 Å². The van der Waals surface area contributed by atoms with Gasteiger partial charge in [-0.3, -0.25) is 4.79 Å². The maximum absolute atomic E-state index is 13.1. The smallest absolute Gasteiger partial charge is 0.193 e. The van der Waals surface area contributed by atoms with Gasteiger partial charge in [-0.25, -0.2) is 4.39 Å². The van der Waals surface area contributed by atoms with Crippen molar-refractivity contribution in [1.82, 2.24) is 0 Å². The van der Waals surface area contributed by atoms with Crippen LogP contribution in [0.15, 0.2) is 42.5 Å².